The first-order chi connectivity index (χ1) is 10.1. The van der Waals surface area contributed by atoms with Crippen LogP contribution in [0, 0.1) is 5.92 Å². The molecular weight excluding hydrogens is 268 g/mol. The maximum atomic E-state index is 12.2. The first kappa shape index (κ1) is 17.9. The highest BCUT2D eigenvalue weighted by Crippen LogP contribution is 2.19. The number of Topliss-reactive ketones (excluding diaryl/α,β-unsaturated/α-hetero) is 2. The minimum Gasteiger partial charge on any atom is -0.469 e. The van der Waals surface area contributed by atoms with Crippen LogP contribution in [-0.2, 0) is 19.1 Å². The Kier molecular flexibility index (Phi) is 8.95. The van der Waals surface area contributed by atoms with E-state index in [9.17, 15) is 14.4 Å². The molecule has 4 nitrogen and oxygen atoms in total. The van der Waals surface area contributed by atoms with Crippen LogP contribution in [0.1, 0.15) is 77.0 Å². The SMILES string of the molecule is COC(=O)CC1C(=O)CCCCCCCCCCCC1=O. The molecule has 1 fully saturated rings. The van der Waals surface area contributed by atoms with Crippen LogP contribution in [0.25, 0.3) is 0 Å². The highest BCUT2D eigenvalue weighted by molar-refractivity contribution is 6.04. The van der Waals surface area contributed by atoms with Crippen LogP contribution in [0.5, 0.6) is 0 Å². The van der Waals surface area contributed by atoms with Gasteiger partial charge in [0.05, 0.1) is 19.4 Å². The van der Waals surface area contributed by atoms with Gasteiger partial charge in [-0.1, -0.05) is 44.9 Å². The van der Waals surface area contributed by atoms with E-state index in [0.29, 0.717) is 12.8 Å². The molecule has 0 heterocycles. The molecule has 120 valence electrons. The van der Waals surface area contributed by atoms with Gasteiger partial charge in [0.1, 0.15) is 11.6 Å². The van der Waals surface area contributed by atoms with Crippen LogP contribution in [-0.4, -0.2) is 24.6 Å². The van der Waals surface area contributed by atoms with E-state index in [-0.39, 0.29) is 18.0 Å². The fraction of sp³-hybridized carbons (Fsp3) is 0.824. The van der Waals surface area contributed by atoms with Gasteiger partial charge in [-0.3, -0.25) is 14.4 Å². The van der Waals surface area contributed by atoms with Gasteiger partial charge in [0.25, 0.3) is 0 Å². The molecule has 0 aromatic rings. The van der Waals surface area contributed by atoms with Crippen LogP contribution in [0.3, 0.4) is 0 Å². The zero-order chi connectivity index (χ0) is 15.5. The van der Waals surface area contributed by atoms with E-state index >= 15 is 0 Å². The van der Waals surface area contributed by atoms with E-state index in [4.69, 9.17) is 0 Å². The quantitative estimate of drug-likeness (QED) is 0.577. The third-order valence-corrected chi connectivity index (χ3v) is 4.22. The molecule has 1 rings (SSSR count). The van der Waals surface area contributed by atoms with Gasteiger partial charge in [-0.25, -0.2) is 0 Å². The van der Waals surface area contributed by atoms with Crippen molar-refractivity contribution in [2.75, 3.05) is 7.11 Å². The van der Waals surface area contributed by atoms with Crippen LogP contribution in [0.15, 0.2) is 0 Å². The van der Waals surface area contributed by atoms with Crippen LogP contribution in [0.4, 0.5) is 0 Å². The lowest BCUT2D eigenvalue weighted by molar-refractivity contribution is -0.147. The smallest absolute Gasteiger partial charge is 0.306 e. The second-order valence-corrected chi connectivity index (χ2v) is 5.95. The van der Waals surface area contributed by atoms with Crippen molar-refractivity contribution in [3.8, 4) is 0 Å². The standard InChI is InChI=1S/C17H28O4/c1-21-17(20)13-14-15(18)11-9-7-5-3-2-4-6-8-10-12-16(14)19/h14H,2-13H2,1H3. The van der Waals surface area contributed by atoms with Crippen molar-refractivity contribution < 1.29 is 19.1 Å². The number of carbonyl (C=O) groups is 3. The Morgan fingerprint density at radius 3 is 1.62 bits per heavy atom. The van der Waals surface area contributed by atoms with Gasteiger partial charge < -0.3 is 4.74 Å². The molecule has 4 heteroatoms. The first-order valence-electron chi connectivity index (χ1n) is 8.27. The van der Waals surface area contributed by atoms with Gasteiger partial charge in [-0.05, 0) is 12.8 Å². The Labute approximate surface area is 127 Å². The van der Waals surface area contributed by atoms with Crippen LogP contribution < -0.4 is 0 Å². The molecule has 1 aliphatic rings. The number of ketones is 2. The van der Waals surface area contributed by atoms with Gasteiger partial charge in [0, 0.05) is 12.8 Å². The fourth-order valence-corrected chi connectivity index (χ4v) is 2.84. The zero-order valence-corrected chi connectivity index (χ0v) is 13.2. The Morgan fingerprint density at radius 2 is 1.24 bits per heavy atom. The van der Waals surface area contributed by atoms with E-state index in [1.54, 1.807) is 0 Å². The average Bonchev–Trinajstić information content (AvgIpc) is 2.48. The second kappa shape index (κ2) is 10.5. The number of hydrogen-bond acceptors (Lipinski definition) is 4. The Morgan fingerprint density at radius 1 is 0.857 bits per heavy atom. The minimum atomic E-state index is -0.777. The van der Waals surface area contributed by atoms with E-state index in [0.717, 1.165) is 38.5 Å². The van der Waals surface area contributed by atoms with Gasteiger partial charge >= 0.3 is 5.97 Å². The summed E-state index contributed by atoms with van der Waals surface area (Å²) < 4.78 is 4.62. The summed E-state index contributed by atoms with van der Waals surface area (Å²) in [7, 11) is 1.29. The molecular formula is C17H28O4. The fourth-order valence-electron chi connectivity index (χ4n) is 2.84. The minimum absolute atomic E-state index is 0.0811. The molecule has 0 aliphatic heterocycles. The topological polar surface area (TPSA) is 60.4 Å². The number of esters is 1. The van der Waals surface area contributed by atoms with Crippen molar-refractivity contribution in [1.29, 1.82) is 0 Å². The summed E-state index contributed by atoms with van der Waals surface area (Å²) in [6.45, 7) is 0. The third-order valence-electron chi connectivity index (χ3n) is 4.22. The van der Waals surface area contributed by atoms with E-state index in [2.05, 4.69) is 4.74 Å². The molecule has 1 saturated carbocycles. The molecule has 0 aromatic carbocycles. The summed E-state index contributed by atoms with van der Waals surface area (Å²) in [4.78, 5) is 35.9. The summed E-state index contributed by atoms with van der Waals surface area (Å²) in [6.07, 6.45) is 10.5. The summed E-state index contributed by atoms with van der Waals surface area (Å²) >= 11 is 0. The lowest BCUT2D eigenvalue weighted by atomic mass is 9.88. The average molecular weight is 296 g/mol. The highest BCUT2D eigenvalue weighted by Gasteiger charge is 2.28. The Balaban J connectivity index is 2.61. The summed E-state index contributed by atoms with van der Waals surface area (Å²) in [5.41, 5.74) is 0. The predicted molar refractivity (Wildman–Crippen MR) is 80.9 cm³/mol. The van der Waals surface area contributed by atoms with Crippen molar-refractivity contribution >= 4 is 17.5 Å². The number of hydrogen-bond donors (Lipinski definition) is 0. The highest BCUT2D eigenvalue weighted by atomic mass is 16.5. The molecule has 0 saturated heterocycles. The van der Waals surface area contributed by atoms with Crippen molar-refractivity contribution in [2.45, 2.75) is 77.0 Å². The molecule has 0 amide bonds. The second-order valence-electron chi connectivity index (χ2n) is 5.95. The van der Waals surface area contributed by atoms with Gasteiger partial charge in [-0.2, -0.15) is 0 Å². The van der Waals surface area contributed by atoms with Gasteiger partial charge in [0.2, 0.25) is 0 Å². The molecule has 0 spiro atoms. The Bertz CT molecular complexity index is 325. The molecule has 0 radical (unpaired) electrons. The van der Waals surface area contributed by atoms with Crippen molar-refractivity contribution in [3.63, 3.8) is 0 Å². The van der Waals surface area contributed by atoms with Gasteiger partial charge in [-0.15, -0.1) is 0 Å². The third kappa shape index (κ3) is 7.39. The summed E-state index contributed by atoms with van der Waals surface area (Å²) in [5.74, 6) is -1.41. The monoisotopic (exact) mass is 296 g/mol. The van der Waals surface area contributed by atoms with Gasteiger partial charge in [0.15, 0.2) is 0 Å². The molecule has 0 aromatic heterocycles. The number of carbonyl (C=O) groups excluding carboxylic acids is 3. The van der Waals surface area contributed by atoms with Crippen molar-refractivity contribution in [1.82, 2.24) is 0 Å². The van der Waals surface area contributed by atoms with Crippen molar-refractivity contribution in [3.05, 3.63) is 0 Å². The number of methoxy groups -OCH3 is 1. The van der Waals surface area contributed by atoms with Crippen LogP contribution in [0.2, 0.25) is 0 Å². The summed E-state index contributed by atoms with van der Waals surface area (Å²) in [6, 6.07) is 0. The molecule has 0 atom stereocenters. The Hall–Kier alpha value is -1.19. The normalized spacial score (nSPS) is 20.8. The van der Waals surface area contributed by atoms with Crippen molar-refractivity contribution in [2.24, 2.45) is 5.92 Å². The lowest BCUT2D eigenvalue weighted by Gasteiger charge is -2.14. The maximum absolute atomic E-state index is 12.2. The van der Waals surface area contributed by atoms with E-state index < -0.39 is 11.9 Å². The maximum Gasteiger partial charge on any atom is 0.306 e. The van der Waals surface area contributed by atoms with E-state index in [1.165, 1.54) is 26.4 Å². The largest absolute Gasteiger partial charge is 0.469 e. The molecule has 1 aliphatic carbocycles. The molecule has 0 unspecified atom stereocenters. The summed E-state index contributed by atoms with van der Waals surface area (Å²) in [5, 5.41) is 0. The lowest BCUT2D eigenvalue weighted by Crippen LogP contribution is -2.27. The van der Waals surface area contributed by atoms with E-state index in [1.807, 2.05) is 0 Å². The zero-order valence-electron chi connectivity index (χ0n) is 13.2. The molecule has 0 N–H and O–H groups in total. The molecule has 21 heavy (non-hydrogen) atoms. The molecule has 0 bridgehead atoms. The first-order valence-corrected chi connectivity index (χ1v) is 8.27. The predicted octanol–water partition coefficient (Wildman–Crippen LogP) is 3.61. The number of ether oxygens (including phenoxy) is 1. The number of rotatable bonds is 2. The van der Waals surface area contributed by atoms with Crippen LogP contribution >= 0.6 is 0 Å².